The Hall–Kier alpha value is -2.87. The first-order valence-corrected chi connectivity index (χ1v) is 8.71. The summed E-state index contributed by atoms with van der Waals surface area (Å²) in [5.41, 5.74) is 8.76. The van der Waals surface area contributed by atoms with E-state index in [9.17, 15) is 4.79 Å². The summed E-state index contributed by atoms with van der Waals surface area (Å²) >= 11 is 0. The van der Waals surface area contributed by atoms with E-state index in [0.29, 0.717) is 22.6 Å². The van der Waals surface area contributed by atoms with Crippen molar-refractivity contribution in [2.75, 3.05) is 25.9 Å². The largest absolute Gasteiger partial charge is 0.496 e. The molecule has 0 amide bonds. The number of hydrogen-bond acceptors (Lipinski definition) is 6. The van der Waals surface area contributed by atoms with Gasteiger partial charge in [-0.2, -0.15) is 0 Å². The second-order valence-electron chi connectivity index (χ2n) is 6.57. The molecule has 0 bridgehead atoms. The number of anilines is 1. The van der Waals surface area contributed by atoms with Crippen molar-refractivity contribution < 1.29 is 4.74 Å². The number of ether oxygens (including phenoxy) is 1. The minimum atomic E-state index is -0.160. The molecule has 26 heavy (non-hydrogen) atoms. The molecule has 1 aliphatic heterocycles. The Balaban J connectivity index is 2.01. The average Bonchev–Trinajstić information content (AvgIpc) is 2.96. The van der Waals surface area contributed by atoms with Crippen LogP contribution in [0.15, 0.2) is 29.3 Å². The first kappa shape index (κ1) is 16.6. The summed E-state index contributed by atoms with van der Waals surface area (Å²) in [4.78, 5) is 21.8. The molecule has 2 aromatic heterocycles. The van der Waals surface area contributed by atoms with Crippen LogP contribution in [0, 0.1) is 6.92 Å². The molecule has 0 saturated carbocycles. The molecule has 8 heteroatoms. The normalized spacial score (nSPS) is 17.5. The number of benzene rings is 1. The summed E-state index contributed by atoms with van der Waals surface area (Å²) in [6, 6.07) is 5.69. The summed E-state index contributed by atoms with van der Waals surface area (Å²) in [5.74, 6) is 0.999. The van der Waals surface area contributed by atoms with Crippen molar-refractivity contribution in [3.63, 3.8) is 0 Å². The molecule has 3 N–H and O–H groups in total. The average molecular weight is 354 g/mol. The van der Waals surface area contributed by atoms with E-state index in [2.05, 4.69) is 15.3 Å². The van der Waals surface area contributed by atoms with Gasteiger partial charge in [0.2, 0.25) is 0 Å². The third-order valence-electron chi connectivity index (χ3n) is 4.97. The van der Waals surface area contributed by atoms with E-state index in [1.807, 2.05) is 25.1 Å². The van der Waals surface area contributed by atoms with E-state index >= 15 is 0 Å². The van der Waals surface area contributed by atoms with Crippen molar-refractivity contribution in [2.24, 2.45) is 0 Å². The molecule has 0 spiro atoms. The number of aromatic nitrogens is 4. The molecule has 1 atom stereocenters. The van der Waals surface area contributed by atoms with Crippen LogP contribution < -0.4 is 21.5 Å². The highest BCUT2D eigenvalue weighted by Crippen LogP contribution is 2.27. The number of aryl methyl sites for hydroxylation is 1. The smallest absolute Gasteiger partial charge is 0.335 e. The van der Waals surface area contributed by atoms with Crippen LogP contribution >= 0.6 is 0 Å². The Morgan fingerprint density at radius 3 is 2.92 bits per heavy atom. The molecule has 4 rings (SSSR count). The van der Waals surface area contributed by atoms with Gasteiger partial charge in [0.25, 0.3) is 0 Å². The van der Waals surface area contributed by atoms with E-state index in [0.717, 1.165) is 31.5 Å². The number of imidazole rings is 1. The molecule has 0 unspecified atom stereocenters. The molecule has 1 fully saturated rings. The molecule has 0 aliphatic carbocycles. The number of nitrogens with one attached hydrogen (secondary N) is 1. The van der Waals surface area contributed by atoms with Gasteiger partial charge in [-0.05, 0) is 37.9 Å². The zero-order valence-corrected chi connectivity index (χ0v) is 14.9. The van der Waals surface area contributed by atoms with Gasteiger partial charge in [-0.25, -0.2) is 14.8 Å². The Bertz CT molecular complexity index is 1020. The molecule has 1 saturated heterocycles. The SMILES string of the molecule is COc1cc(-n2c(=O)n([C@@H]3CCCNC3)c3ncnc(N)c32)ccc1C. The fourth-order valence-corrected chi connectivity index (χ4v) is 3.64. The number of nitrogens with zero attached hydrogens (tertiary/aromatic N) is 4. The lowest BCUT2D eigenvalue weighted by Crippen LogP contribution is -2.36. The number of fused-ring (bicyclic) bond motifs is 1. The molecule has 3 heterocycles. The lowest BCUT2D eigenvalue weighted by atomic mass is 10.1. The second-order valence-corrected chi connectivity index (χ2v) is 6.57. The zero-order valence-electron chi connectivity index (χ0n) is 14.9. The molecular weight excluding hydrogens is 332 g/mol. The third-order valence-corrected chi connectivity index (χ3v) is 4.97. The number of methoxy groups -OCH3 is 1. The number of hydrogen-bond donors (Lipinski definition) is 2. The summed E-state index contributed by atoms with van der Waals surface area (Å²) < 4.78 is 8.74. The van der Waals surface area contributed by atoms with Crippen molar-refractivity contribution in [3.8, 4) is 11.4 Å². The highest BCUT2D eigenvalue weighted by atomic mass is 16.5. The van der Waals surface area contributed by atoms with Crippen LogP contribution in [-0.2, 0) is 0 Å². The summed E-state index contributed by atoms with van der Waals surface area (Å²) in [6.45, 7) is 3.66. The molecule has 8 nitrogen and oxygen atoms in total. The zero-order chi connectivity index (χ0) is 18.3. The number of nitrogens with two attached hydrogens (primary N) is 1. The van der Waals surface area contributed by atoms with Gasteiger partial charge < -0.3 is 15.8 Å². The molecule has 3 aromatic rings. The van der Waals surface area contributed by atoms with Crippen molar-refractivity contribution in [2.45, 2.75) is 25.8 Å². The van der Waals surface area contributed by atoms with Crippen LogP contribution in [-0.4, -0.2) is 39.3 Å². The van der Waals surface area contributed by atoms with E-state index in [-0.39, 0.29) is 17.5 Å². The predicted molar refractivity (Wildman–Crippen MR) is 100.0 cm³/mol. The first-order valence-electron chi connectivity index (χ1n) is 8.71. The van der Waals surface area contributed by atoms with E-state index in [1.54, 1.807) is 16.2 Å². The van der Waals surface area contributed by atoms with Gasteiger partial charge in [0.15, 0.2) is 11.5 Å². The lowest BCUT2D eigenvalue weighted by Gasteiger charge is -2.23. The van der Waals surface area contributed by atoms with Gasteiger partial charge >= 0.3 is 5.69 Å². The van der Waals surface area contributed by atoms with Gasteiger partial charge in [0, 0.05) is 12.6 Å². The Morgan fingerprint density at radius 1 is 1.35 bits per heavy atom. The topological polar surface area (TPSA) is 100.0 Å². The lowest BCUT2D eigenvalue weighted by molar-refractivity contribution is 0.369. The minimum absolute atomic E-state index is 0.0432. The predicted octanol–water partition coefficient (Wildman–Crippen LogP) is 1.41. The van der Waals surface area contributed by atoms with Crippen molar-refractivity contribution >= 4 is 17.0 Å². The van der Waals surface area contributed by atoms with Crippen molar-refractivity contribution in [1.82, 2.24) is 24.4 Å². The fourth-order valence-electron chi connectivity index (χ4n) is 3.64. The maximum Gasteiger partial charge on any atom is 0.335 e. The molecule has 1 aliphatic rings. The number of rotatable bonds is 3. The summed E-state index contributed by atoms with van der Waals surface area (Å²) in [5, 5.41) is 3.35. The molecule has 136 valence electrons. The maximum atomic E-state index is 13.4. The van der Waals surface area contributed by atoms with Crippen molar-refractivity contribution in [1.29, 1.82) is 0 Å². The Kier molecular flexibility index (Phi) is 4.12. The Morgan fingerprint density at radius 2 is 2.19 bits per heavy atom. The van der Waals surface area contributed by atoms with Crippen LogP contribution in [0.1, 0.15) is 24.4 Å². The highest BCUT2D eigenvalue weighted by Gasteiger charge is 2.25. The minimum Gasteiger partial charge on any atom is -0.496 e. The monoisotopic (exact) mass is 354 g/mol. The molecular formula is C18H22N6O2. The first-order chi connectivity index (χ1) is 12.6. The van der Waals surface area contributed by atoms with E-state index in [4.69, 9.17) is 10.5 Å². The molecule has 0 radical (unpaired) electrons. The van der Waals surface area contributed by atoms with Crippen molar-refractivity contribution in [3.05, 3.63) is 40.6 Å². The van der Waals surface area contributed by atoms with Crippen LogP contribution in [0.5, 0.6) is 5.75 Å². The Labute approximate surface area is 150 Å². The van der Waals surface area contributed by atoms with Gasteiger partial charge in [-0.3, -0.25) is 9.13 Å². The van der Waals surface area contributed by atoms with Gasteiger partial charge in [-0.15, -0.1) is 0 Å². The number of nitrogen functional groups attached to an aromatic ring is 1. The standard InChI is InChI=1S/C18H22N6O2/c1-11-5-6-12(8-14(11)26-2)23-15-16(19)21-10-22-17(15)24(18(23)25)13-4-3-7-20-9-13/h5-6,8,10,13,20H,3-4,7,9H2,1-2H3,(H2,19,21,22)/t13-/m1/s1. The fraction of sp³-hybridized carbons (Fsp3) is 0.389. The van der Waals surface area contributed by atoms with Gasteiger partial charge in [-0.1, -0.05) is 6.07 Å². The van der Waals surface area contributed by atoms with Crippen LogP contribution in [0.2, 0.25) is 0 Å². The van der Waals surface area contributed by atoms with E-state index < -0.39 is 0 Å². The molecule has 1 aromatic carbocycles. The summed E-state index contributed by atoms with van der Waals surface area (Å²) in [7, 11) is 1.61. The van der Waals surface area contributed by atoms with Gasteiger partial charge in [0.05, 0.1) is 18.8 Å². The van der Waals surface area contributed by atoms with Crippen LogP contribution in [0.4, 0.5) is 5.82 Å². The number of piperidine rings is 1. The maximum absolute atomic E-state index is 13.4. The third kappa shape index (κ3) is 2.53. The van der Waals surface area contributed by atoms with Gasteiger partial charge in [0.1, 0.15) is 17.6 Å². The van der Waals surface area contributed by atoms with E-state index in [1.165, 1.54) is 6.33 Å². The second kappa shape index (κ2) is 6.45. The van der Waals surface area contributed by atoms with Crippen LogP contribution in [0.25, 0.3) is 16.9 Å². The summed E-state index contributed by atoms with van der Waals surface area (Å²) in [6.07, 6.45) is 3.35. The highest BCUT2D eigenvalue weighted by molar-refractivity contribution is 5.84. The van der Waals surface area contributed by atoms with Crippen LogP contribution in [0.3, 0.4) is 0 Å². The quantitative estimate of drug-likeness (QED) is 0.738.